The fraction of sp³-hybridized carbons (Fsp3) is 0.692. The number of carbonyl (C=O) groups excluding carboxylic acids is 2. The minimum absolute atomic E-state index is 0.0484. The van der Waals surface area contributed by atoms with Crippen LogP contribution in [0.3, 0.4) is 0 Å². The molecule has 1 aromatic carbocycles. The highest BCUT2D eigenvalue weighted by atomic mass is 16.5. The first-order valence-electron chi connectivity index (χ1n) is 12.8. The van der Waals surface area contributed by atoms with Gasteiger partial charge in [0.2, 0.25) is 5.91 Å². The Balaban J connectivity index is 1.35. The number of hydrogen-bond donors (Lipinski definition) is 3. The van der Waals surface area contributed by atoms with Crippen molar-refractivity contribution in [2.45, 2.75) is 74.6 Å². The van der Waals surface area contributed by atoms with E-state index in [1.54, 1.807) is 4.90 Å². The molecule has 3 amide bonds. The summed E-state index contributed by atoms with van der Waals surface area (Å²) in [6.45, 7) is 5.04. The van der Waals surface area contributed by atoms with E-state index in [0.29, 0.717) is 26.3 Å². The molecule has 0 unspecified atom stereocenters. The summed E-state index contributed by atoms with van der Waals surface area (Å²) in [5.41, 5.74) is 0.0351. The van der Waals surface area contributed by atoms with E-state index in [1.807, 2.05) is 11.0 Å². The predicted octanol–water partition coefficient (Wildman–Crippen LogP) is 1.97. The van der Waals surface area contributed by atoms with Crippen molar-refractivity contribution in [3.63, 3.8) is 0 Å². The molecule has 4 fully saturated rings. The molecular weight excluding hydrogens is 432 g/mol. The Morgan fingerprint density at radius 3 is 2.38 bits per heavy atom. The molecule has 8 nitrogen and oxygen atoms in total. The molecule has 5 rings (SSSR count). The van der Waals surface area contributed by atoms with Gasteiger partial charge in [-0.2, -0.15) is 0 Å². The van der Waals surface area contributed by atoms with Crippen LogP contribution in [0.4, 0.5) is 4.79 Å². The van der Waals surface area contributed by atoms with Crippen LogP contribution in [0.25, 0.3) is 0 Å². The molecule has 2 saturated carbocycles. The maximum atomic E-state index is 13.6. The lowest BCUT2D eigenvalue weighted by Crippen LogP contribution is -2.59. The van der Waals surface area contributed by atoms with Crippen LogP contribution in [0.15, 0.2) is 30.3 Å². The summed E-state index contributed by atoms with van der Waals surface area (Å²) in [6.07, 6.45) is 5.97. The lowest BCUT2D eigenvalue weighted by atomic mass is 9.68. The quantitative estimate of drug-likeness (QED) is 0.540. The maximum absolute atomic E-state index is 13.6. The normalized spacial score (nSPS) is 30.8. The van der Waals surface area contributed by atoms with Crippen molar-refractivity contribution in [3.8, 4) is 0 Å². The number of amides is 3. The Kier molecular flexibility index (Phi) is 6.33. The molecule has 1 spiro atoms. The van der Waals surface area contributed by atoms with Crippen LogP contribution >= 0.6 is 0 Å². The number of aliphatic hydroxyl groups is 1. The van der Waals surface area contributed by atoms with Gasteiger partial charge >= 0.3 is 6.03 Å². The summed E-state index contributed by atoms with van der Waals surface area (Å²) >= 11 is 0. The first kappa shape index (κ1) is 23.6. The van der Waals surface area contributed by atoms with Crippen LogP contribution < -0.4 is 10.6 Å². The minimum Gasteiger partial charge on any atom is -0.388 e. The molecule has 2 heterocycles. The van der Waals surface area contributed by atoms with E-state index in [-0.39, 0.29) is 35.6 Å². The molecule has 2 saturated heterocycles. The molecule has 0 bridgehead atoms. The van der Waals surface area contributed by atoms with Crippen LogP contribution in [0.5, 0.6) is 0 Å². The van der Waals surface area contributed by atoms with Gasteiger partial charge in [0.1, 0.15) is 6.54 Å². The number of nitrogens with one attached hydrogen (secondary N) is 2. The largest absolute Gasteiger partial charge is 0.388 e. The first-order valence-corrected chi connectivity index (χ1v) is 12.8. The van der Waals surface area contributed by atoms with Gasteiger partial charge in [0.05, 0.1) is 36.9 Å². The molecule has 8 heteroatoms. The highest BCUT2D eigenvalue weighted by Gasteiger charge is 2.56. The van der Waals surface area contributed by atoms with E-state index in [0.717, 1.165) is 51.5 Å². The number of rotatable bonds is 8. The summed E-state index contributed by atoms with van der Waals surface area (Å²) in [5.74, 6) is -0.136. The minimum atomic E-state index is -0.792. The number of ether oxygens (including phenoxy) is 1. The molecule has 2 aliphatic heterocycles. The van der Waals surface area contributed by atoms with Crippen molar-refractivity contribution in [2.24, 2.45) is 0 Å². The SMILES string of the molecule is CCNC1(c2ccccc2)CCC2(CC1)CN(CC(=O)NC1COC1)C(=O)N2CC1(O)CCC1. The van der Waals surface area contributed by atoms with Crippen molar-refractivity contribution in [1.29, 1.82) is 0 Å². The topological polar surface area (TPSA) is 94.1 Å². The van der Waals surface area contributed by atoms with Crippen LogP contribution in [0.2, 0.25) is 0 Å². The lowest BCUT2D eigenvalue weighted by molar-refractivity contribution is -0.125. The van der Waals surface area contributed by atoms with Crippen molar-refractivity contribution in [3.05, 3.63) is 35.9 Å². The van der Waals surface area contributed by atoms with Gasteiger partial charge in [-0.05, 0) is 57.1 Å². The number of carbonyl (C=O) groups is 2. The lowest BCUT2D eigenvalue weighted by Gasteiger charge is -2.51. The van der Waals surface area contributed by atoms with E-state index in [1.165, 1.54) is 5.56 Å². The Morgan fingerprint density at radius 1 is 1.12 bits per heavy atom. The standard InChI is InChI=1S/C26H38N4O4/c1-2-27-26(20-7-4-3-5-8-20)13-11-24(12-14-26)18-29(15-22(31)28-21-16-34-17-21)23(32)30(24)19-25(33)9-6-10-25/h3-5,7-8,21,27,33H,2,6,9-19H2,1H3,(H,28,31). The van der Waals surface area contributed by atoms with E-state index >= 15 is 0 Å². The van der Waals surface area contributed by atoms with Crippen molar-refractivity contribution in [1.82, 2.24) is 20.4 Å². The zero-order valence-electron chi connectivity index (χ0n) is 20.2. The average molecular weight is 471 g/mol. The summed E-state index contributed by atoms with van der Waals surface area (Å²) in [4.78, 5) is 29.8. The third kappa shape index (κ3) is 4.32. The number of β-amino-alcohol motifs (C(OH)–C–C–N with tert-alkyl or cyclic N) is 1. The number of urea groups is 1. The van der Waals surface area contributed by atoms with E-state index < -0.39 is 5.60 Å². The Morgan fingerprint density at radius 2 is 1.82 bits per heavy atom. The molecular formula is C26H38N4O4. The van der Waals surface area contributed by atoms with Crippen molar-refractivity contribution < 1.29 is 19.4 Å². The smallest absolute Gasteiger partial charge is 0.321 e. The summed E-state index contributed by atoms with van der Waals surface area (Å²) < 4.78 is 5.15. The van der Waals surface area contributed by atoms with Gasteiger partial charge in [0, 0.05) is 12.1 Å². The van der Waals surface area contributed by atoms with Crippen molar-refractivity contribution >= 4 is 11.9 Å². The second-order valence-electron chi connectivity index (χ2n) is 10.8. The highest BCUT2D eigenvalue weighted by Crippen LogP contribution is 2.48. The predicted molar refractivity (Wildman–Crippen MR) is 128 cm³/mol. The molecule has 0 aromatic heterocycles. The monoisotopic (exact) mass is 470 g/mol. The third-order valence-electron chi connectivity index (χ3n) is 8.51. The van der Waals surface area contributed by atoms with E-state index in [9.17, 15) is 14.7 Å². The first-order chi connectivity index (χ1) is 16.4. The molecule has 34 heavy (non-hydrogen) atoms. The fourth-order valence-corrected chi connectivity index (χ4v) is 6.28. The van der Waals surface area contributed by atoms with Crippen LogP contribution in [-0.4, -0.2) is 83.4 Å². The average Bonchev–Trinajstić information content (AvgIpc) is 3.03. The van der Waals surface area contributed by atoms with Gasteiger partial charge in [-0.1, -0.05) is 37.3 Å². The Labute approximate surface area is 202 Å². The van der Waals surface area contributed by atoms with Crippen LogP contribution in [0.1, 0.15) is 57.4 Å². The molecule has 0 radical (unpaired) electrons. The summed E-state index contributed by atoms with van der Waals surface area (Å²) in [6, 6.07) is 10.5. The number of benzene rings is 1. The van der Waals surface area contributed by atoms with Gasteiger partial charge in [-0.25, -0.2) is 4.79 Å². The maximum Gasteiger partial charge on any atom is 0.321 e. The molecule has 2 aliphatic carbocycles. The molecule has 186 valence electrons. The molecule has 0 atom stereocenters. The summed E-state index contributed by atoms with van der Waals surface area (Å²) in [7, 11) is 0. The fourth-order valence-electron chi connectivity index (χ4n) is 6.28. The van der Waals surface area contributed by atoms with Gasteiger partial charge < -0.3 is 30.3 Å². The van der Waals surface area contributed by atoms with Gasteiger partial charge in [0.15, 0.2) is 0 Å². The second-order valence-corrected chi connectivity index (χ2v) is 10.8. The third-order valence-corrected chi connectivity index (χ3v) is 8.51. The highest BCUT2D eigenvalue weighted by molar-refractivity contribution is 5.86. The van der Waals surface area contributed by atoms with Gasteiger partial charge in [-0.15, -0.1) is 0 Å². The number of hydrogen-bond acceptors (Lipinski definition) is 5. The van der Waals surface area contributed by atoms with E-state index in [4.69, 9.17) is 4.74 Å². The Bertz CT molecular complexity index is 891. The summed E-state index contributed by atoms with van der Waals surface area (Å²) in [5, 5.41) is 17.7. The molecule has 4 aliphatic rings. The van der Waals surface area contributed by atoms with Crippen LogP contribution in [-0.2, 0) is 15.1 Å². The van der Waals surface area contributed by atoms with Crippen molar-refractivity contribution in [2.75, 3.05) is 39.4 Å². The zero-order chi connectivity index (χ0) is 23.8. The number of nitrogens with zero attached hydrogens (tertiary/aromatic N) is 2. The second kappa shape index (κ2) is 9.13. The molecule has 3 N–H and O–H groups in total. The molecule has 1 aromatic rings. The van der Waals surface area contributed by atoms with E-state index in [2.05, 4.69) is 41.8 Å². The van der Waals surface area contributed by atoms with Gasteiger partial charge in [0.25, 0.3) is 0 Å². The van der Waals surface area contributed by atoms with Crippen LogP contribution in [0, 0.1) is 0 Å². The Hall–Kier alpha value is -2.16. The van der Waals surface area contributed by atoms with Gasteiger partial charge in [-0.3, -0.25) is 4.79 Å². The zero-order valence-corrected chi connectivity index (χ0v) is 20.2.